The minimum absolute atomic E-state index is 0. The van der Waals surface area contributed by atoms with Gasteiger partial charge in [0.2, 0.25) is 0 Å². The molecule has 0 heterocycles. The van der Waals surface area contributed by atoms with E-state index in [9.17, 15) is 9.59 Å². The molecule has 0 aromatic heterocycles. The van der Waals surface area contributed by atoms with Gasteiger partial charge in [0, 0.05) is 43.0 Å². The third-order valence-corrected chi connectivity index (χ3v) is 9.86. The number of allylic oxidation sites excluding steroid dienone is 10. The van der Waals surface area contributed by atoms with E-state index in [1.54, 1.807) is 0 Å². The van der Waals surface area contributed by atoms with Crippen LogP contribution in [0.5, 0.6) is 0 Å². The minimum Gasteiger partial charge on any atom is -0.412 e. The summed E-state index contributed by atoms with van der Waals surface area (Å²) in [4.78, 5) is 33.3. The van der Waals surface area contributed by atoms with E-state index in [4.69, 9.17) is 10.5 Å². The Morgan fingerprint density at radius 1 is 0.619 bits per heavy atom. The number of carbonyl (C=O) groups is 2. The Bertz CT molecular complexity index is 1070. The van der Waals surface area contributed by atoms with Gasteiger partial charge in [-0.25, -0.2) is 0 Å². The largest absolute Gasteiger partial charge is 0.412 e. The molecule has 4 N–H and O–H groups in total. The summed E-state index contributed by atoms with van der Waals surface area (Å²) >= 11 is 0. The molecule has 2 aliphatic carbocycles. The van der Waals surface area contributed by atoms with E-state index >= 15 is 0 Å². The molecule has 0 unspecified atom stereocenters. The Morgan fingerprint density at radius 3 is 1.12 bits per heavy atom. The van der Waals surface area contributed by atoms with Crippen LogP contribution >= 0.6 is 0 Å². The van der Waals surface area contributed by atoms with Crippen molar-refractivity contribution in [1.29, 1.82) is 0 Å². The predicted molar refractivity (Wildman–Crippen MR) is 171 cm³/mol. The van der Waals surface area contributed by atoms with Crippen LogP contribution in [0.2, 0.25) is 0 Å². The van der Waals surface area contributed by atoms with Gasteiger partial charge in [-0.2, -0.15) is 0 Å². The molecule has 0 saturated heterocycles. The third-order valence-electron chi connectivity index (χ3n) is 9.86. The van der Waals surface area contributed by atoms with Crippen LogP contribution in [0.1, 0.15) is 109 Å². The van der Waals surface area contributed by atoms with Crippen molar-refractivity contribution in [2.45, 2.75) is 120 Å². The van der Waals surface area contributed by atoms with E-state index in [2.05, 4.69) is 104 Å². The normalized spacial score (nSPS) is 18.0. The first-order chi connectivity index (χ1) is 18.5. The number of ketones is 2. The third kappa shape index (κ3) is 9.03. The van der Waals surface area contributed by atoms with Crippen LogP contribution < -0.4 is 16.2 Å². The van der Waals surface area contributed by atoms with Crippen LogP contribution in [0.25, 0.3) is 0 Å². The van der Waals surface area contributed by atoms with E-state index in [0.29, 0.717) is 11.1 Å². The maximum Gasteiger partial charge on any atom is 0.190 e. The van der Waals surface area contributed by atoms with Gasteiger partial charge in [0.05, 0.1) is 11.1 Å². The van der Waals surface area contributed by atoms with Crippen LogP contribution in [-0.4, -0.2) is 28.1 Å². The van der Waals surface area contributed by atoms with Crippen LogP contribution in [0.15, 0.2) is 70.1 Å². The number of nitroso groups, excluding NO2 is 1. The van der Waals surface area contributed by atoms with Crippen molar-refractivity contribution in [2.24, 2.45) is 10.8 Å². The molecular weight excluding hydrogens is 615 g/mol. The molecule has 0 aliphatic heterocycles. The molecule has 237 valence electrons. The number of hydrogen-bond donors (Lipinski definition) is 2. The molecule has 0 spiro atoms. The summed E-state index contributed by atoms with van der Waals surface area (Å²) in [5, 5.41) is 7.06. The van der Waals surface area contributed by atoms with Crippen molar-refractivity contribution in [1.82, 2.24) is 16.2 Å². The molecule has 0 bridgehead atoms. The second-order valence-corrected chi connectivity index (χ2v) is 12.8. The van der Waals surface area contributed by atoms with E-state index < -0.39 is 11.1 Å². The van der Waals surface area contributed by atoms with Gasteiger partial charge < -0.3 is 16.1 Å². The monoisotopic (exact) mass is 670 g/mol. The summed E-state index contributed by atoms with van der Waals surface area (Å²) < 4.78 is 0. The van der Waals surface area contributed by atoms with Crippen LogP contribution in [-0.2, 0) is 29.1 Å². The smallest absolute Gasteiger partial charge is 0.190 e. The van der Waals surface area contributed by atoms with Crippen molar-refractivity contribution in [3.05, 3.63) is 75.0 Å². The van der Waals surface area contributed by atoms with Crippen molar-refractivity contribution in [3.8, 4) is 0 Å². The summed E-state index contributed by atoms with van der Waals surface area (Å²) in [6.45, 7) is 25.6. The Hall–Kier alpha value is -2.44. The number of carbonyl (C=O) groups excluding carboxylic acids is 2. The van der Waals surface area contributed by atoms with Gasteiger partial charge in [0.25, 0.3) is 0 Å². The zero-order chi connectivity index (χ0) is 31.1. The summed E-state index contributed by atoms with van der Waals surface area (Å²) in [6, 6.07) is 0. The first-order valence-electron chi connectivity index (χ1n) is 14.5. The van der Waals surface area contributed by atoms with Crippen LogP contribution in [0.3, 0.4) is 0 Å². The van der Waals surface area contributed by atoms with Gasteiger partial charge in [0.1, 0.15) is 5.59 Å². The molecule has 0 aromatic rings. The van der Waals surface area contributed by atoms with E-state index in [0.717, 1.165) is 36.8 Å². The Morgan fingerprint density at radius 2 is 0.881 bits per heavy atom. The fourth-order valence-electron chi connectivity index (χ4n) is 4.71. The average molecular weight is 670 g/mol. The molecule has 42 heavy (non-hydrogen) atoms. The predicted octanol–water partition coefficient (Wildman–Crippen LogP) is 6.78. The first kappa shape index (κ1) is 41.7. The van der Waals surface area contributed by atoms with E-state index in [1.165, 1.54) is 11.1 Å². The molecule has 1 radical (unpaired) electrons. The molecule has 0 amide bonds. The summed E-state index contributed by atoms with van der Waals surface area (Å²) in [5.41, 5.74) is 10.3. The molecule has 7 nitrogen and oxygen atoms in total. The molecule has 0 atom stereocenters. The number of hydrogen-bond acceptors (Lipinski definition) is 5. The topological polar surface area (TPSA) is 129 Å². The molecule has 2 rings (SSSR count). The zero-order valence-corrected chi connectivity index (χ0v) is 29.6. The molecular formula is C34H54N3O4Ru. The van der Waals surface area contributed by atoms with Gasteiger partial charge in [-0.3, -0.25) is 9.59 Å². The number of rotatable bonds is 11. The molecule has 0 saturated carbocycles. The maximum atomic E-state index is 13.0. The second-order valence-electron chi connectivity index (χ2n) is 12.8. The van der Waals surface area contributed by atoms with Crippen molar-refractivity contribution in [3.63, 3.8) is 0 Å². The fourth-order valence-corrected chi connectivity index (χ4v) is 4.71. The van der Waals surface area contributed by atoms with Gasteiger partial charge in [-0.1, -0.05) is 53.7 Å². The number of nitrogens with zero attached hydrogens (tertiary/aromatic N) is 1. The van der Waals surface area contributed by atoms with Gasteiger partial charge in [-0.05, 0) is 113 Å². The molecule has 0 aromatic carbocycles. The SMILES string of the molecule is CCC(C)(CC)C1=C/C(=C/NC(C)(C)C(C)(C)N/C=C2/C=C(C(C)(CC)CC)C=C(C)C2=O)C(=O)C(C)=C1.O.[N]=O.[Ru]. The average Bonchev–Trinajstić information content (AvgIpc) is 2.94. The van der Waals surface area contributed by atoms with Gasteiger partial charge in [-0.15, -0.1) is 4.91 Å². The van der Waals surface area contributed by atoms with Crippen molar-refractivity contribution >= 4 is 11.6 Å². The first-order valence-corrected chi connectivity index (χ1v) is 14.5. The molecule has 2 aliphatic rings. The standard InChI is InChI=1S/C34H52N2O2.NO.H2O.Ru/c1-13-33(11,14-2)27-17-23(5)29(37)25(19-27)21-35-31(7,8)32(9,10)36-22-26-20-28(18-24(6)30(26)38)34(12,15-3)16-4;1-2;;/h17-22,35-36H,13-16H2,1-12H3;;1H2;/b25-21-,26-22-;;;. The summed E-state index contributed by atoms with van der Waals surface area (Å²) in [5.74, 6) is 0.115. The summed E-state index contributed by atoms with van der Waals surface area (Å²) in [7, 11) is 0. The van der Waals surface area contributed by atoms with Gasteiger partial charge in [0.15, 0.2) is 11.6 Å². The van der Waals surface area contributed by atoms with E-state index in [1.807, 2.05) is 26.2 Å². The Kier molecular flexibility index (Phi) is 16.3. The minimum atomic E-state index is -0.435. The zero-order valence-electron chi connectivity index (χ0n) is 27.8. The summed E-state index contributed by atoms with van der Waals surface area (Å²) in [6.07, 6.45) is 16.0. The van der Waals surface area contributed by atoms with Crippen LogP contribution in [0.4, 0.5) is 0 Å². The second kappa shape index (κ2) is 16.4. The number of Topliss-reactive ketones (excluding diaryl/α,β-unsaturated/α-hetero) is 2. The van der Waals surface area contributed by atoms with Crippen molar-refractivity contribution in [2.75, 3.05) is 0 Å². The maximum absolute atomic E-state index is 13.0. The molecule has 0 fully saturated rings. The van der Waals surface area contributed by atoms with Crippen LogP contribution in [0, 0.1) is 15.7 Å². The number of nitrogens with one attached hydrogen (secondary N) is 2. The molecule has 8 heteroatoms. The quantitative estimate of drug-likeness (QED) is 0.185. The van der Waals surface area contributed by atoms with Crippen molar-refractivity contribution < 1.29 is 34.5 Å². The Balaban J connectivity index is 0. The van der Waals surface area contributed by atoms with E-state index in [-0.39, 0.29) is 47.4 Å². The Labute approximate surface area is 267 Å². The fraction of sp³-hybridized carbons (Fsp3) is 0.588. The van der Waals surface area contributed by atoms with Gasteiger partial charge >= 0.3 is 0 Å².